The molecule has 40 heavy (non-hydrogen) atoms. The summed E-state index contributed by atoms with van der Waals surface area (Å²) in [6, 6.07) is 16.9. The topological polar surface area (TPSA) is 84.9 Å². The van der Waals surface area contributed by atoms with Gasteiger partial charge in [-0.05, 0) is 80.3 Å². The van der Waals surface area contributed by atoms with Crippen molar-refractivity contribution < 1.29 is 4.74 Å². The monoisotopic (exact) mass is 550 g/mol. The Kier molecular flexibility index (Phi) is 7.97. The van der Waals surface area contributed by atoms with Gasteiger partial charge in [-0.25, -0.2) is 19.9 Å². The largest absolute Gasteiger partial charge is 0.437 e. The summed E-state index contributed by atoms with van der Waals surface area (Å²) in [4.78, 5) is 18.7. The molecule has 6 rings (SSSR count). The Morgan fingerprint density at radius 2 is 1.95 bits per heavy atom. The molecule has 5 aromatic rings. The number of piperidine rings is 1. The molecule has 0 saturated carbocycles. The van der Waals surface area contributed by atoms with E-state index in [2.05, 4.69) is 70.2 Å². The van der Waals surface area contributed by atoms with Crippen molar-refractivity contribution in [1.82, 2.24) is 25.3 Å². The van der Waals surface area contributed by atoms with Crippen molar-refractivity contribution in [3.8, 4) is 22.9 Å². The molecular weight excluding hydrogens is 516 g/mol. The molecular formula is C32H34N6OS. The zero-order valence-corrected chi connectivity index (χ0v) is 23.8. The molecule has 7 nitrogen and oxygen atoms in total. The average molecular weight is 551 g/mol. The maximum Gasteiger partial charge on any atom is 0.228 e. The predicted molar refractivity (Wildman–Crippen MR) is 162 cm³/mol. The summed E-state index contributed by atoms with van der Waals surface area (Å²) in [5.41, 5.74) is 5.12. The molecule has 1 fully saturated rings. The Labute approximate surface area is 239 Å². The number of aromatic nitrogens is 4. The number of aryl methyl sites for hydroxylation is 4. The van der Waals surface area contributed by atoms with E-state index in [1.54, 1.807) is 23.7 Å². The predicted octanol–water partition coefficient (Wildman–Crippen LogP) is 6.76. The standard InChI is InChI=1S/C32H34N6OS/c1-3-29-36-24(20-40-29)13-12-22-7-4-9-26-25(22)14-11-21(2)30(26)39-31-27(10-6-17-34-31)28-15-18-35-32(38-28)37-23-8-5-16-33-19-23/h4,6-7,9-11,14-15,17-18,20,23,33H,3,5,8,12-13,16,19H2,1-2H3,(H,35,37,38)/t23-/m0/s1. The number of benzene rings is 2. The van der Waals surface area contributed by atoms with Crippen LogP contribution in [0.4, 0.5) is 5.95 Å². The van der Waals surface area contributed by atoms with E-state index in [0.717, 1.165) is 73.2 Å². The van der Waals surface area contributed by atoms with Gasteiger partial charge in [-0.2, -0.15) is 0 Å². The van der Waals surface area contributed by atoms with Gasteiger partial charge < -0.3 is 15.4 Å². The van der Waals surface area contributed by atoms with Gasteiger partial charge >= 0.3 is 0 Å². The van der Waals surface area contributed by atoms with Crippen molar-refractivity contribution in [3.05, 3.63) is 88.1 Å². The molecule has 0 spiro atoms. The van der Waals surface area contributed by atoms with Crippen molar-refractivity contribution >= 4 is 28.1 Å². The minimum Gasteiger partial charge on any atom is -0.437 e. The lowest BCUT2D eigenvalue weighted by Gasteiger charge is -2.23. The summed E-state index contributed by atoms with van der Waals surface area (Å²) in [5.74, 6) is 1.97. The van der Waals surface area contributed by atoms with E-state index in [-0.39, 0.29) is 0 Å². The molecule has 0 amide bonds. The summed E-state index contributed by atoms with van der Waals surface area (Å²) < 4.78 is 6.62. The van der Waals surface area contributed by atoms with E-state index < -0.39 is 0 Å². The third-order valence-electron chi connectivity index (χ3n) is 7.38. The van der Waals surface area contributed by atoms with Crippen molar-refractivity contribution in [2.24, 2.45) is 0 Å². The van der Waals surface area contributed by atoms with Crippen LogP contribution in [0.15, 0.2) is 66.3 Å². The lowest BCUT2D eigenvalue weighted by atomic mass is 9.98. The highest BCUT2D eigenvalue weighted by Gasteiger charge is 2.17. The second-order valence-corrected chi connectivity index (χ2v) is 11.2. The number of rotatable bonds is 9. The number of nitrogens with zero attached hydrogens (tertiary/aromatic N) is 4. The molecule has 1 aliphatic heterocycles. The number of ether oxygens (including phenoxy) is 1. The summed E-state index contributed by atoms with van der Waals surface area (Å²) in [7, 11) is 0. The highest BCUT2D eigenvalue weighted by atomic mass is 32.1. The Balaban J connectivity index is 1.28. The Morgan fingerprint density at radius 3 is 2.80 bits per heavy atom. The SMILES string of the molecule is CCc1nc(CCc2cccc3c(Oc4ncccc4-c4ccnc(N[C@H]5CCCNC5)n4)c(C)ccc23)cs1. The lowest BCUT2D eigenvalue weighted by Crippen LogP contribution is -2.38. The molecule has 2 N–H and O–H groups in total. The van der Waals surface area contributed by atoms with Gasteiger partial charge in [-0.3, -0.25) is 0 Å². The maximum atomic E-state index is 6.62. The summed E-state index contributed by atoms with van der Waals surface area (Å²) >= 11 is 1.75. The van der Waals surface area contributed by atoms with Crippen LogP contribution in [0.5, 0.6) is 11.6 Å². The smallest absolute Gasteiger partial charge is 0.228 e. The minimum absolute atomic E-state index is 0.324. The summed E-state index contributed by atoms with van der Waals surface area (Å²) in [6.07, 6.45) is 8.64. The zero-order chi connectivity index (χ0) is 27.3. The van der Waals surface area contributed by atoms with Gasteiger partial charge in [0.05, 0.1) is 22.0 Å². The van der Waals surface area contributed by atoms with Crippen molar-refractivity contribution in [2.75, 3.05) is 18.4 Å². The van der Waals surface area contributed by atoms with Crippen LogP contribution < -0.4 is 15.4 Å². The molecule has 2 aromatic carbocycles. The third kappa shape index (κ3) is 5.83. The molecule has 1 atom stereocenters. The minimum atomic E-state index is 0.324. The van der Waals surface area contributed by atoms with Crippen LogP contribution >= 0.6 is 11.3 Å². The molecule has 204 valence electrons. The molecule has 8 heteroatoms. The van der Waals surface area contributed by atoms with Crippen LogP contribution in [-0.2, 0) is 19.3 Å². The fraction of sp³-hybridized carbons (Fsp3) is 0.312. The molecule has 0 aliphatic carbocycles. The first kappa shape index (κ1) is 26.3. The molecule has 0 bridgehead atoms. The number of anilines is 1. The molecule has 0 unspecified atom stereocenters. The van der Waals surface area contributed by atoms with E-state index in [1.165, 1.54) is 21.7 Å². The fourth-order valence-corrected chi connectivity index (χ4v) is 6.03. The first-order chi connectivity index (χ1) is 19.7. The number of pyridine rings is 1. The summed E-state index contributed by atoms with van der Waals surface area (Å²) in [6.45, 7) is 6.22. The van der Waals surface area contributed by atoms with Crippen LogP contribution in [0.3, 0.4) is 0 Å². The van der Waals surface area contributed by atoms with Gasteiger partial charge in [0, 0.05) is 35.7 Å². The second-order valence-electron chi connectivity index (χ2n) is 10.2. The molecule has 1 aliphatic rings. The van der Waals surface area contributed by atoms with Crippen molar-refractivity contribution in [1.29, 1.82) is 0 Å². The normalized spacial score (nSPS) is 15.3. The van der Waals surface area contributed by atoms with Crippen LogP contribution in [0, 0.1) is 6.92 Å². The van der Waals surface area contributed by atoms with E-state index in [0.29, 0.717) is 17.9 Å². The van der Waals surface area contributed by atoms with E-state index in [4.69, 9.17) is 14.7 Å². The number of nitrogens with one attached hydrogen (secondary N) is 2. The van der Waals surface area contributed by atoms with Crippen molar-refractivity contribution in [2.45, 2.75) is 52.0 Å². The van der Waals surface area contributed by atoms with Crippen molar-refractivity contribution in [3.63, 3.8) is 0 Å². The number of fused-ring (bicyclic) bond motifs is 1. The van der Waals surface area contributed by atoms with Crippen LogP contribution in [0.2, 0.25) is 0 Å². The van der Waals surface area contributed by atoms with E-state index in [9.17, 15) is 0 Å². The van der Waals surface area contributed by atoms with Gasteiger partial charge in [0.15, 0.2) is 0 Å². The zero-order valence-electron chi connectivity index (χ0n) is 23.0. The van der Waals surface area contributed by atoms with Crippen LogP contribution in [0.1, 0.15) is 41.6 Å². The van der Waals surface area contributed by atoms with E-state index >= 15 is 0 Å². The van der Waals surface area contributed by atoms with Gasteiger partial charge in [0.2, 0.25) is 11.8 Å². The lowest BCUT2D eigenvalue weighted by molar-refractivity contribution is 0.466. The van der Waals surface area contributed by atoms with Crippen LogP contribution in [0.25, 0.3) is 22.0 Å². The van der Waals surface area contributed by atoms with Crippen LogP contribution in [-0.4, -0.2) is 39.1 Å². The first-order valence-corrected chi connectivity index (χ1v) is 14.9. The average Bonchev–Trinajstić information content (AvgIpc) is 3.46. The van der Waals surface area contributed by atoms with Gasteiger partial charge in [-0.15, -0.1) is 11.3 Å². The quantitative estimate of drug-likeness (QED) is 0.210. The molecule has 4 heterocycles. The second kappa shape index (κ2) is 12.1. The highest BCUT2D eigenvalue weighted by Crippen LogP contribution is 2.37. The molecule has 1 saturated heterocycles. The Morgan fingerprint density at radius 1 is 1.00 bits per heavy atom. The highest BCUT2D eigenvalue weighted by molar-refractivity contribution is 7.09. The van der Waals surface area contributed by atoms with Gasteiger partial charge in [0.25, 0.3) is 0 Å². The molecule has 0 radical (unpaired) electrons. The van der Waals surface area contributed by atoms with Gasteiger partial charge in [0.1, 0.15) is 5.75 Å². The first-order valence-electron chi connectivity index (χ1n) is 14.1. The number of hydrogen-bond donors (Lipinski definition) is 2. The fourth-order valence-electron chi connectivity index (χ4n) is 5.25. The Bertz CT molecular complexity index is 1610. The number of hydrogen-bond acceptors (Lipinski definition) is 8. The number of thiazole rings is 1. The van der Waals surface area contributed by atoms with Gasteiger partial charge in [-0.1, -0.05) is 37.3 Å². The summed E-state index contributed by atoms with van der Waals surface area (Å²) in [5, 5.41) is 12.6. The Hall–Kier alpha value is -3.88. The molecule has 3 aromatic heterocycles. The third-order valence-corrected chi connectivity index (χ3v) is 8.42. The maximum absolute atomic E-state index is 6.62. The van der Waals surface area contributed by atoms with E-state index in [1.807, 2.05) is 18.2 Å².